The molecule has 1 aromatic carbocycles. The van der Waals surface area contributed by atoms with Gasteiger partial charge in [-0.1, -0.05) is 12.1 Å². The van der Waals surface area contributed by atoms with E-state index in [9.17, 15) is 4.79 Å². The zero-order chi connectivity index (χ0) is 14.8. The zero-order valence-corrected chi connectivity index (χ0v) is 13.5. The molecule has 1 amide bonds. The van der Waals surface area contributed by atoms with Crippen LogP contribution in [0, 0.1) is 12.8 Å². The quantitative estimate of drug-likeness (QED) is 0.905. The fourth-order valence-corrected chi connectivity index (χ4v) is 2.93. The predicted octanol–water partition coefficient (Wildman–Crippen LogP) is 2.34. The van der Waals surface area contributed by atoms with Gasteiger partial charge in [0.2, 0.25) is 5.91 Å². The first-order chi connectivity index (χ1) is 10.1. The van der Waals surface area contributed by atoms with Crippen LogP contribution in [0.2, 0.25) is 0 Å². The van der Waals surface area contributed by atoms with Crippen molar-refractivity contribution < 1.29 is 9.21 Å². The standard InChI is InChI=1S/C16H21N3O2.ClH/c1-10-3-2-4-13-15(10)19-14(21-13)7-8-18-16(20)11-5-6-12(17)9-11;/h2-4,11-12H,5-9,17H2,1H3,(H,18,20);1H. The minimum Gasteiger partial charge on any atom is -0.441 e. The molecule has 2 unspecified atom stereocenters. The Labute approximate surface area is 136 Å². The maximum Gasteiger partial charge on any atom is 0.223 e. The van der Waals surface area contributed by atoms with Crippen LogP contribution in [0.4, 0.5) is 0 Å². The number of nitrogens with one attached hydrogen (secondary N) is 1. The van der Waals surface area contributed by atoms with E-state index in [2.05, 4.69) is 10.3 Å². The summed E-state index contributed by atoms with van der Waals surface area (Å²) < 4.78 is 5.69. The first-order valence-electron chi connectivity index (χ1n) is 7.52. The number of nitrogens with two attached hydrogens (primary N) is 1. The molecule has 6 heteroatoms. The highest BCUT2D eigenvalue weighted by molar-refractivity contribution is 5.85. The average Bonchev–Trinajstić information content (AvgIpc) is 3.05. The molecule has 3 rings (SSSR count). The smallest absolute Gasteiger partial charge is 0.223 e. The molecule has 22 heavy (non-hydrogen) atoms. The fourth-order valence-electron chi connectivity index (χ4n) is 2.93. The third-order valence-corrected chi connectivity index (χ3v) is 4.15. The van der Waals surface area contributed by atoms with E-state index in [1.54, 1.807) is 0 Å². The van der Waals surface area contributed by atoms with Gasteiger partial charge in [0, 0.05) is 24.9 Å². The molecular formula is C16H22ClN3O2. The van der Waals surface area contributed by atoms with E-state index in [4.69, 9.17) is 10.2 Å². The Balaban J connectivity index is 0.00000176. The van der Waals surface area contributed by atoms with Crippen molar-refractivity contribution in [2.24, 2.45) is 11.7 Å². The van der Waals surface area contributed by atoms with Crippen molar-refractivity contribution in [1.29, 1.82) is 0 Å². The summed E-state index contributed by atoms with van der Waals surface area (Å²) >= 11 is 0. The number of oxazole rings is 1. The van der Waals surface area contributed by atoms with Crippen LogP contribution in [0.1, 0.15) is 30.7 Å². The summed E-state index contributed by atoms with van der Waals surface area (Å²) in [5.74, 6) is 0.851. The van der Waals surface area contributed by atoms with E-state index >= 15 is 0 Å². The number of rotatable bonds is 4. The van der Waals surface area contributed by atoms with Gasteiger partial charge in [-0.2, -0.15) is 0 Å². The van der Waals surface area contributed by atoms with Gasteiger partial charge < -0.3 is 15.5 Å². The van der Waals surface area contributed by atoms with Crippen molar-refractivity contribution in [3.63, 3.8) is 0 Å². The van der Waals surface area contributed by atoms with E-state index in [0.29, 0.717) is 18.9 Å². The van der Waals surface area contributed by atoms with Crippen molar-refractivity contribution >= 4 is 29.4 Å². The number of fused-ring (bicyclic) bond motifs is 1. The normalized spacial score (nSPS) is 20.8. The molecule has 0 radical (unpaired) electrons. The number of nitrogens with zero attached hydrogens (tertiary/aromatic N) is 1. The Kier molecular flexibility index (Phi) is 5.42. The molecule has 0 aliphatic heterocycles. The molecule has 1 heterocycles. The van der Waals surface area contributed by atoms with Crippen molar-refractivity contribution in [3.05, 3.63) is 29.7 Å². The van der Waals surface area contributed by atoms with Crippen LogP contribution in [0.3, 0.4) is 0 Å². The number of aryl methyl sites for hydroxylation is 1. The molecule has 1 fully saturated rings. The third-order valence-electron chi connectivity index (χ3n) is 4.15. The lowest BCUT2D eigenvalue weighted by Gasteiger charge is -2.09. The largest absolute Gasteiger partial charge is 0.441 e. The van der Waals surface area contributed by atoms with Crippen LogP contribution in [-0.4, -0.2) is 23.5 Å². The molecule has 0 bridgehead atoms. The summed E-state index contributed by atoms with van der Waals surface area (Å²) in [7, 11) is 0. The van der Waals surface area contributed by atoms with Crippen molar-refractivity contribution in [3.8, 4) is 0 Å². The molecule has 3 N–H and O–H groups in total. The number of carbonyl (C=O) groups is 1. The lowest BCUT2D eigenvalue weighted by Crippen LogP contribution is -2.31. The molecular weight excluding hydrogens is 302 g/mol. The third kappa shape index (κ3) is 3.59. The number of aromatic nitrogens is 1. The molecule has 1 aliphatic rings. The number of halogens is 1. The van der Waals surface area contributed by atoms with Crippen LogP contribution < -0.4 is 11.1 Å². The topological polar surface area (TPSA) is 81.2 Å². The van der Waals surface area contributed by atoms with Gasteiger partial charge in [0.25, 0.3) is 0 Å². The first kappa shape index (κ1) is 16.8. The van der Waals surface area contributed by atoms with Crippen molar-refractivity contribution in [2.45, 2.75) is 38.6 Å². The highest BCUT2D eigenvalue weighted by Crippen LogP contribution is 2.24. The molecule has 2 atom stereocenters. The lowest BCUT2D eigenvalue weighted by atomic mass is 10.1. The highest BCUT2D eigenvalue weighted by Gasteiger charge is 2.27. The van der Waals surface area contributed by atoms with Gasteiger partial charge in [0.15, 0.2) is 11.5 Å². The first-order valence-corrected chi connectivity index (χ1v) is 7.52. The summed E-state index contributed by atoms with van der Waals surface area (Å²) in [6.07, 6.45) is 3.25. The van der Waals surface area contributed by atoms with E-state index in [-0.39, 0.29) is 30.3 Å². The Morgan fingerprint density at radius 3 is 2.95 bits per heavy atom. The molecule has 0 saturated heterocycles. The lowest BCUT2D eigenvalue weighted by molar-refractivity contribution is -0.124. The summed E-state index contributed by atoms with van der Waals surface area (Å²) in [6.45, 7) is 2.57. The minimum absolute atomic E-state index is 0. The number of carbonyl (C=O) groups excluding carboxylic acids is 1. The average molecular weight is 324 g/mol. The van der Waals surface area contributed by atoms with E-state index in [0.717, 1.165) is 35.9 Å². The summed E-state index contributed by atoms with van der Waals surface area (Å²) in [6, 6.07) is 6.06. The van der Waals surface area contributed by atoms with Crippen molar-refractivity contribution in [1.82, 2.24) is 10.3 Å². The van der Waals surface area contributed by atoms with Gasteiger partial charge in [0.1, 0.15) is 5.52 Å². The van der Waals surface area contributed by atoms with Gasteiger partial charge >= 0.3 is 0 Å². The molecule has 0 spiro atoms. The van der Waals surface area contributed by atoms with Crippen LogP contribution in [-0.2, 0) is 11.2 Å². The van der Waals surface area contributed by atoms with Gasteiger partial charge in [-0.15, -0.1) is 12.4 Å². The number of hydrogen-bond donors (Lipinski definition) is 2. The highest BCUT2D eigenvalue weighted by atomic mass is 35.5. The van der Waals surface area contributed by atoms with Gasteiger partial charge in [-0.3, -0.25) is 4.79 Å². The number of hydrogen-bond acceptors (Lipinski definition) is 4. The second-order valence-corrected chi connectivity index (χ2v) is 5.84. The summed E-state index contributed by atoms with van der Waals surface area (Å²) in [5, 5.41) is 2.96. The van der Waals surface area contributed by atoms with Gasteiger partial charge in [-0.05, 0) is 37.8 Å². The maximum absolute atomic E-state index is 12.0. The summed E-state index contributed by atoms with van der Waals surface area (Å²) in [5.41, 5.74) is 8.65. The fraction of sp³-hybridized carbons (Fsp3) is 0.500. The maximum atomic E-state index is 12.0. The number of amides is 1. The van der Waals surface area contributed by atoms with E-state index < -0.39 is 0 Å². The van der Waals surface area contributed by atoms with Crippen LogP contribution in [0.25, 0.3) is 11.1 Å². The molecule has 5 nitrogen and oxygen atoms in total. The second-order valence-electron chi connectivity index (χ2n) is 5.84. The molecule has 1 aromatic heterocycles. The van der Waals surface area contributed by atoms with E-state index in [1.165, 1.54) is 0 Å². The predicted molar refractivity (Wildman–Crippen MR) is 88.0 cm³/mol. The number of para-hydroxylation sites is 1. The van der Waals surface area contributed by atoms with Gasteiger partial charge in [0.05, 0.1) is 0 Å². The summed E-state index contributed by atoms with van der Waals surface area (Å²) in [4.78, 5) is 16.5. The van der Waals surface area contributed by atoms with Crippen LogP contribution in [0.15, 0.2) is 22.6 Å². The van der Waals surface area contributed by atoms with Crippen LogP contribution in [0.5, 0.6) is 0 Å². The zero-order valence-electron chi connectivity index (χ0n) is 12.7. The Morgan fingerprint density at radius 2 is 2.27 bits per heavy atom. The molecule has 1 saturated carbocycles. The van der Waals surface area contributed by atoms with Crippen LogP contribution >= 0.6 is 12.4 Å². The minimum atomic E-state index is 0. The van der Waals surface area contributed by atoms with E-state index in [1.807, 2.05) is 25.1 Å². The Bertz CT molecular complexity index is 656. The Hall–Kier alpha value is -1.59. The molecule has 2 aromatic rings. The number of benzene rings is 1. The Morgan fingerprint density at radius 1 is 1.45 bits per heavy atom. The monoisotopic (exact) mass is 323 g/mol. The molecule has 120 valence electrons. The SMILES string of the molecule is Cc1cccc2oc(CCNC(=O)C3CCC(N)C3)nc12.Cl. The second kappa shape index (κ2) is 7.11. The van der Waals surface area contributed by atoms with Crippen molar-refractivity contribution in [2.75, 3.05) is 6.54 Å². The van der Waals surface area contributed by atoms with Gasteiger partial charge in [-0.25, -0.2) is 4.98 Å². The molecule has 1 aliphatic carbocycles.